The normalized spacial score (nSPS) is 12.5. The Balaban J connectivity index is 2.66. The smallest absolute Gasteiger partial charge is 0.119 e. The number of hydrogen-bond acceptors (Lipinski definition) is 2. The number of methoxy groups -OCH3 is 1. The summed E-state index contributed by atoms with van der Waals surface area (Å²) in [5.41, 5.74) is 1.31. The zero-order chi connectivity index (χ0) is 9.68. The van der Waals surface area contributed by atoms with Crippen molar-refractivity contribution in [3.8, 4) is 5.75 Å². The molecule has 0 spiro atoms. The maximum absolute atomic E-state index is 5.15. The van der Waals surface area contributed by atoms with Gasteiger partial charge < -0.3 is 10.1 Å². The molecule has 1 atom stereocenters. The van der Waals surface area contributed by atoms with Crippen LogP contribution in [0.1, 0.15) is 12.5 Å². The lowest BCUT2D eigenvalue weighted by molar-refractivity contribution is 0.414. The van der Waals surface area contributed by atoms with Crippen LogP contribution in [-0.2, 0) is 6.42 Å². The van der Waals surface area contributed by atoms with E-state index in [9.17, 15) is 0 Å². The predicted molar refractivity (Wildman–Crippen MR) is 55.2 cm³/mol. The van der Waals surface area contributed by atoms with Crippen molar-refractivity contribution in [3.05, 3.63) is 29.8 Å². The molecule has 1 N–H and O–H groups in total. The van der Waals surface area contributed by atoms with E-state index in [-0.39, 0.29) is 0 Å². The zero-order valence-corrected chi connectivity index (χ0v) is 8.50. The number of nitrogens with one attached hydrogen (secondary N) is 1. The molecule has 0 aromatic heterocycles. The minimum absolute atomic E-state index is 0.507. The lowest BCUT2D eigenvalue weighted by Crippen LogP contribution is -2.23. The van der Waals surface area contributed by atoms with Gasteiger partial charge in [-0.15, -0.1) is 0 Å². The first-order valence-corrected chi connectivity index (χ1v) is 4.56. The first kappa shape index (κ1) is 10.1. The topological polar surface area (TPSA) is 21.3 Å². The minimum atomic E-state index is 0.507. The van der Waals surface area contributed by atoms with E-state index in [1.807, 2.05) is 19.2 Å². The highest BCUT2D eigenvalue weighted by molar-refractivity contribution is 5.28. The van der Waals surface area contributed by atoms with Crippen molar-refractivity contribution < 1.29 is 4.74 Å². The Morgan fingerprint density at radius 1 is 1.46 bits per heavy atom. The average molecular weight is 179 g/mol. The summed E-state index contributed by atoms with van der Waals surface area (Å²) in [5.74, 6) is 0.931. The van der Waals surface area contributed by atoms with Gasteiger partial charge in [-0.2, -0.15) is 0 Å². The lowest BCUT2D eigenvalue weighted by Gasteiger charge is -2.10. The van der Waals surface area contributed by atoms with Crippen molar-refractivity contribution in [3.63, 3.8) is 0 Å². The Bertz CT molecular complexity index is 260. The van der Waals surface area contributed by atoms with Crippen LogP contribution in [0.4, 0.5) is 0 Å². The molecule has 0 aliphatic carbocycles. The van der Waals surface area contributed by atoms with Gasteiger partial charge in [0.15, 0.2) is 0 Å². The van der Waals surface area contributed by atoms with Gasteiger partial charge in [0.1, 0.15) is 5.75 Å². The molecule has 0 radical (unpaired) electrons. The van der Waals surface area contributed by atoms with Crippen LogP contribution in [0, 0.1) is 0 Å². The summed E-state index contributed by atoms with van der Waals surface area (Å²) in [6.45, 7) is 2.17. The van der Waals surface area contributed by atoms with Crippen molar-refractivity contribution in [1.82, 2.24) is 5.32 Å². The van der Waals surface area contributed by atoms with Gasteiger partial charge in [0.05, 0.1) is 7.11 Å². The third-order valence-electron chi connectivity index (χ3n) is 2.17. The number of benzene rings is 1. The van der Waals surface area contributed by atoms with E-state index >= 15 is 0 Å². The SMILES string of the molecule is CN[C@H](C)Cc1cccc(OC)c1. The maximum atomic E-state index is 5.15. The number of hydrogen-bond donors (Lipinski definition) is 1. The highest BCUT2D eigenvalue weighted by atomic mass is 16.5. The molecule has 0 amide bonds. The van der Waals surface area contributed by atoms with Crippen LogP contribution in [0.25, 0.3) is 0 Å². The molecule has 1 rings (SSSR count). The minimum Gasteiger partial charge on any atom is -0.497 e. The van der Waals surface area contributed by atoms with Gasteiger partial charge in [0, 0.05) is 6.04 Å². The van der Waals surface area contributed by atoms with Crippen LogP contribution in [0.2, 0.25) is 0 Å². The van der Waals surface area contributed by atoms with Crippen LogP contribution in [-0.4, -0.2) is 20.2 Å². The molecule has 0 unspecified atom stereocenters. The van der Waals surface area contributed by atoms with Gasteiger partial charge in [-0.3, -0.25) is 0 Å². The maximum Gasteiger partial charge on any atom is 0.119 e. The zero-order valence-electron chi connectivity index (χ0n) is 8.50. The molecule has 13 heavy (non-hydrogen) atoms. The van der Waals surface area contributed by atoms with Gasteiger partial charge in [0.25, 0.3) is 0 Å². The van der Waals surface area contributed by atoms with Crippen LogP contribution >= 0.6 is 0 Å². The van der Waals surface area contributed by atoms with E-state index in [0.717, 1.165) is 12.2 Å². The molecule has 72 valence electrons. The van der Waals surface area contributed by atoms with Gasteiger partial charge in [0.2, 0.25) is 0 Å². The molecule has 0 aliphatic rings. The summed E-state index contributed by atoms with van der Waals surface area (Å²) in [4.78, 5) is 0. The third kappa shape index (κ3) is 3.07. The second kappa shape index (κ2) is 4.87. The fourth-order valence-electron chi connectivity index (χ4n) is 1.26. The molecule has 1 aromatic carbocycles. The highest BCUT2D eigenvalue weighted by Gasteiger charge is 2.00. The van der Waals surface area contributed by atoms with Crippen LogP contribution in [0.3, 0.4) is 0 Å². The molecular weight excluding hydrogens is 162 g/mol. The molecule has 0 aliphatic heterocycles. The molecule has 0 heterocycles. The summed E-state index contributed by atoms with van der Waals surface area (Å²) >= 11 is 0. The molecule has 0 saturated heterocycles. The number of ether oxygens (including phenoxy) is 1. The Morgan fingerprint density at radius 2 is 2.23 bits per heavy atom. The summed E-state index contributed by atoms with van der Waals surface area (Å²) in [6.07, 6.45) is 1.04. The van der Waals surface area contributed by atoms with Crippen molar-refractivity contribution in [1.29, 1.82) is 0 Å². The molecule has 0 saturated carbocycles. The van der Waals surface area contributed by atoms with E-state index in [1.165, 1.54) is 5.56 Å². The van der Waals surface area contributed by atoms with Crippen molar-refractivity contribution >= 4 is 0 Å². The van der Waals surface area contributed by atoms with Crippen LogP contribution < -0.4 is 10.1 Å². The van der Waals surface area contributed by atoms with Crippen molar-refractivity contribution in [2.75, 3.05) is 14.2 Å². The fourth-order valence-corrected chi connectivity index (χ4v) is 1.26. The third-order valence-corrected chi connectivity index (χ3v) is 2.17. The van der Waals surface area contributed by atoms with Crippen molar-refractivity contribution in [2.45, 2.75) is 19.4 Å². The first-order valence-electron chi connectivity index (χ1n) is 4.56. The molecule has 2 nitrogen and oxygen atoms in total. The Labute approximate surface area is 79.9 Å². The molecule has 0 bridgehead atoms. The van der Waals surface area contributed by atoms with E-state index in [0.29, 0.717) is 6.04 Å². The van der Waals surface area contributed by atoms with Crippen molar-refractivity contribution in [2.24, 2.45) is 0 Å². The number of rotatable bonds is 4. The standard InChI is InChI=1S/C11H17NO/c1-9(12-2)7-10-5-4-6-11(8-10)13-3/h4-6,8-9,12H,7H2,1-3H3/t9-/m1/s1. The summed E-state index contributed by atoms with van der Waals surface area (Å²) in [5, 5.41) is 3.21. The second-order valence-corrected chi connectivity index (χ2v) is 3.25. The van der Waals surface area contributed by atoms with Gasteiger partial charge in [-0.25, -0.2) is 0 Å². The largest absolute Gasteiger partial charge is 0.497 e. The highest BCUT2D eigenvalue weighted by Crippen LogP contribution is 2.13. The Morgan fingerprint density at radius 3 is 2.85 bits per heavy atom. The molecule has 0 fully saturated rings. The second-order valence-electron chi connectivity index (χ2n) is 3.25. The molecule has 2 heteroatoms. The fraction of sp³-hybridized carbons (Fsp3) is 0.455. The monoisotopic (exact) mass is 179 g/mol. The summed E-state index contributed by atoms with van der Waals surface area (Å²) in [7, 11) is 3.67. The summed E-state index contributed by atoms with van der Waals surface area (Å²) < 4.78 is 5.15. The molecule has 1 aromatic rings. The van der Waals surface area contributed by atoms with E-state index in [4.69, 9.17) is 4.74 Å². The van der Waals surface area contributed by atoms with E-state index in [1.54, 1.807) is 7.11 Å². The lowest BCUT2D eigenvalue weighted by atomic mass is 10.1. The Kier molecular flexibility index (Phi) is 3.77. The van der Waals surface area contributed by atoms with E-state index < -0.39 is 0 Å². The Hall–Kier alpha value is -1.02. The van der Waals surface area contributed by atoms with Crippen LogP contribution in [0.5, 0.6) is 5.75 Å². The van der Waals surface area contributed by atoms with Gasteiger partial charge in [-0.1, -0.05) is 12.1 Å². The van der Waals surface area contributed by atoms with Gasteiger partial charge >= 0.3 is 0 Å². The quantitative estimate of drug-likeness (QED) is 0.761. The first-order chi connectivity index (χ1) is 6.26. The predicted octanol–water partition coefficient (Wildman–Crippen LogP) is 1.85. The summed E-state index contributed by atoms with van der Waals surface area (Å²) in [6, 6.07) is 8.70. The average Bonchev–Trinajstić information content (AvgIpc) is 2.18. The van der Waals surface area contributed by atoms with Crippen LogP contribution in [0.15, 0.2) is 24.3 Å². The van der Waals surface area contributed by atoms with E-state index in [2.05, 4.69) is 24.4 Å². The molecular formula is C11H17NO. The van der Waals surface area contributed by atoms with Gasteiger partial charge in [-0.05, 0) is 38.1 Å². The number of likely N-dealkylation sites (N-methyl/N-ethyl adjacent to an activating group) is 1.